The van der Waals surface area contributed by atoms with E-state index >= 15 is 0 Å². The Balaban J connectivity index is 2.09. The van der Waals surface area contributed by atoms with Crippen LogP contribution in [0.1, 0.15) is 0 Å². The maximum absolute atomic E-state index is 11.5. The van der Waals surface area contributed by atoms with Crippen molar-refractivity contribution in [2.45, 2.75) is 6.36 Å². The van der Waals surface area contributed by atoms with Gasteiger partial charge in [-0.25, -0.2) is 0 Å². The molecule has 1 rings (SSSR count). The molecule has 0 aliphatic rings. The average Bonchev–Trinajstić information content (AvgIpc) is 2.48. The van der Waals surface area contributed by atoms with E-state index in [1.54, 1.807) is 29.2 Å². The summed E-state index contributed by atoms with van der Waals surface area (Å²) in [5.74, 6) is 0. The second-order valence-electron chi connectivity index (χ2n) is 2.29. The zero-order valence-corrected chi connectivity index (χ0v) is 6.71. The van der Waals surface area contributed by atoms with Gasteiger partial charge in [-0.3, -0.25) is 9.41 Å². The van der Waals surface area contributed by atoms with Crippen molar-refractivity contribution in [3.05, 3.63) is 24.5 Å². The number of hydrogen-bond donors (Lipinski definition) is 1. The molecule has 74 valence electrons. The van der Waals surface area contributed by atoms with Crippen molar-refractivity contribution in [1.29, 1.82) is 0 Å². The maximum Gasteiger partial charge on any atom is 0.522 e. The minimum atomic E-state index is -4.54. The third kappa shape index (κ3) is 4.41. The molecule has 3 nitrogen and oxygen atoms in total. The third-order valence-corrected chi connectivity index (χ3v) is 1.27. The topological polar surface area (TPSA) is 26.2 Å². The lowest BCUT2D eigenvalue weighted by atomic mass is 10.7. The second kappa shape index (κ2) is 4.18. The molecule has 1 N–H and O–H groups in total. The zero-order valence-electron chi connectivity index (χ0n) is 6.71. The third-order valence-electron chi connectivity index (χ3n) is 1.27. The first-order valence-electron chi connectivity index (χ1n) is 3.65. The van der Waals surface area contributed by atoms with Crippen LogP contribution in [0.2, 0.25) is 0 Å². The van der Waals surface area contributed by atoms with E-state index in [4.69, 9.17) is 0 Å². The van der Waals surface area contributed by atoms with Crippen molar-refractivity contribution in [3.63, 3.8) is 0 Å². The lowest BCUT2D eigenvalue weighted by Crippen LogP contribution is -2.23. The molecule has 0 amide bonds. The van der Waals surface area contributed by atoms with Gasteiger partial charge in [0.05, 0.1) is 13.2 Å². The molecule has 6 heteroatoms. The summed E-state index contributed by atoms with van der Waals surface area (Å²) in [6, 6.07) is 3.52. The summed E-state index contributed by atoms with van der Waals surface area (Å²) in [7, 11) is 0. The molecular weight excluding hydrogens is 185 g/mol. The minimum Gasteiger partial charge on any atom is -0.324 e. The first-order chi connectivity index (χ1) is 6.08. The van der Waals surface area contributed by atoms with Gasteiger partial charge in [0.2, 0.25) is 0 Å². The molecule has 0 atom stereocenters. The standard InChI is InChI=1S/C7H9F3N2O/c8-7(9,10)13-6-3-11-12-4-1-2-5-12/h1-2,4-5,11H,3,6H2. The molecule has 0 unspecified atom stereocenters. The van der Waals surface area contributed by atoms with Crippen molar-refractivity contribution in [2.75, 3.05) is 18.6 Å². The molecular formula is C7H9F3N2O. The fraction of sp³-hybridized carbons (Fsp3) is 0.429. The quantitative estimate of drug-likeness (QED) is 0.736. The highest BCUT2D eigenvalue weighted by atomic mass is 19.4. The van der Waals surface area contributed by atoms with E-state index in [0.717, 1.165) is 0 Å². The minimum absolute atomic E-state index is 0.105. The Labute approximate surface area is 73.1 Å². The van der Waals surface area contributed by atoms with E-state index in [1.165, 1.54) is 0 Å². The van der Waals surface area contributed by atoms with E-state index in [1.807, 2.05) is 0 Å². The molecule has 1 heterocycles. The van der Waals surface area contributed by atoms with Crippen LogP contribution in [0.5, 0.6) is 0 Å². The summed E-state index contributed by atoms with van der Waals surface area (Å²) in [6.07, 6.45) is -1.17. The summed E-state index contributed by atoms with van der Waals surface area (Å²) in [4.78, 5) is 0. The lowest BCUT2D eigenvalue weighted by molar-refractivity contribution is -0.323. The predicted molar refractivity (Wildman–Crippen MR) is 40.7 cm³/mol. The molecule has 0 fully saturated rings. The van der Waals surface area contributed by atoms with Crippen LogP contribution in [0, 0.1) is 0 Å². The number of alkyl halides is 3. The Morgan fingerprint density at radius 1 is 1.23 bits per heavy atom. The smallest absolute Gasteiger partial charge is 0.324 e. The van der Waals surface area contributed by atoms with E-state index in [9.17, 15) is 13.2 Å². The molecule has 0 aliphatic carbocycles. The van der Waals surface area contributed by atoms with Crippen LogP contribution in [0.4, 0.5) is 13.2 Å². The van der Waals surface area contributed by atoms with Gasteiger partial charge in [-0.05, 0) is 12.1 Å². The van der Waals surface area contributed by atoms with Gasteiger partial charge in [-0.2, -0.15) is 0 Å². The lowest BCUT2D eigenvalue weighted by Gasteiger charge is -2.09. The van der Waals surface area contributed by atoms with Gasteiger partial charge in [0.25, 0.3) is 0 Å². The Hall–Kier alpha value is -1.17. The van der Waals surface area contributed by atoms with Crippen LogP contribution in [-0.2, 0) is 4.74 Å². The maximum atomic E-state index is 11.5. The largest absolute Gasteiger partial charge is 0.522 e. The Morgan fingerprint density at radius 3 is 2.38 bits per heavy atom. The van der Waals surface area contributed by atoms with Gasteiger partial charge in [0.15, 0.2) is 0 Å². The summed E-state index contributed by atoms with van der Waals surface area (Å²) >= 11 is 0. The molecule has 0 saturated carbocycles. The van der Waals surface area contributed by atoms with Gasteiger partial charge in [0.1, 0.15) is 0 Å². The Bertz CT molecular complexity index is 232. The number of aromatic nitrogens is 1. The highest BCUT2D eigenvalue weighted by molar-refractivity contribution is 4.92. The number of rotatable bonds is 4. The number of ether oxygens (including phenoxy) is 1. The van der Waals surface area contributed by atoms with Crippen LogP contribution in [0.15, 0.2) is 24.5 Å². The Morgan fingerprint density at radius 2 is 1.85 bits per heavy atom. The highest BCUT2D eigenvalue weighted by Crippen LogP contribution is 2.15. The monoisotopic (exact) mass is 194 g/mol. The van der Waals surface area contributed by atoms with Crippen molar-refractivity contribution >= 4 is 0 Å². The number of hydrogen-bond acceptors (Lipinski definition) is 2. The van der Waals surface area contributed by atoms with Crippen LogP contribution >= 0.6 is 0 Å². The summed E-state index contributed by atoms with van der Waals surface area (Å²) in [6.45, 7) is -0.296. The van der Waals surface area contributed by atoms with Crippen molar-refractivity contribution in [2.24, 2.45) is 0 Å². The number of nitrogens with one attached hydrogen (secondary N) is 1. The predicted octanol–water partition coefficient (Wildman–Crippen LogP) is 1.57. The Kier molecular flexibility index (Phi) is 3.18. The van der Waals surface area contributed by atoms with E-state index in [2.05, 4.69) is 10.2 Å². The normalized spacial score (nSPS) is 11.6. The molecule has 0 bridgehead atoms. The fourth-order valence-electron chi connectivity index (χ4n) is 0.781. The summed E-state index contributed by atoms with van der Waals surface area (Å²) < 4.78 is 39.5. The van der Waals surface area contributed by atoms with Crippen molar-refractivity contribution < 1.29 is 17.9 Å². The van der Waals surface area contributed by atoms with E-state index in [-0.39, 0.29) is 6.54 Å². The van der Waals surface area contributed by atoms with Crippen LogP contribution < -0.4 is 5.43 Å². The highest BCUT2D eigenvalue weighted by Gasteiger charge is 2.28. The molecule has 0 aliphatic heterocycles. The molecule has 0 radical (unpaired) electrons. The van der Waals surface area contributed by atoms with Gasteiger partial charge < -0.3 is 5.43 Å². The van der Waals surface area contributed by atoms with Crippen molar-refractivity contribution in [1.82, 2.24) is 4.68 Å². The van der Waals surface area contributed by atoms with Crippen LogP contribution in [-0.4, -0.2) is 24.2 Å². The zero-order chi connectivity index (χ0) is 9.73. The number of halogens is 3. The van der Waals surface area contributed by atoms with Gasteiger partial charge in [0, 0.05) is 12.4 Å². The number of nitrogens with zero attached hydrogens (tertiary/aromatic N) is 1. The van der Waals surface area contributed by atoms with Crippen molar-refractivity contribution in [3.8, 4) is 0 Å². The summed E-state index contributed by atoms with van der Waals surface area (Å²) in [5, 5.41) is 0. The average molecular weight is 194 g/mol. The van der Waals surface area contributed by atoms with E-state index < -0.39 is 13.0 Å². The molecule has 13 heavy (non-hydrogen) atoms. The molecule has 1 aromatic heterocycles. The molecule has 0 saturated heterocycles. The SMILES string of the molecule is FC(F)(F)OCCNn1cccc1. The van der Waals surface area contributed by atoms with Gasteiger partial charge in [-0.1, -0.05) is 0 Å². The fourth-order valence-corrected chi connectivity index (χ4v) is 0.781. The van der Waals surface area contributed by atoms with Gasteiger partial charge >= 0.3 is 6.36 Å². The second-order valence-corrected chi connectivity index (χ2v) is 2.29. The summed E-state index contributed by atoms with van der Waals surface area (Å²) in [5.41, 5.74) is 2.69. The molecule has 1 aromatic rings. The van der Waals surface area contributed by atoms with E-state index in [0.29, 0.717) is 0 Å². The first-order valence-corrected chi connectivity index (χ1v) is 3.65. The molecule has 0 spiro atoms. The van der Waals surface area contributed by atoms with Crippen LogP contribution in [0.25, 0.3) is 0 Å². The first kappa shape index (κ1) is 9.91. The van der Waals surface area contributed by atoms with Gasteiger partial charge in [-0.15, -0.1) is 13.2 Å². The molecule has 0 aromatic carbocycles. The van der Waals surface area contributed by atoms with Crippen LogP contribution in [0.3, 0.4) is 0 Å².